The van der Waals surface area contributed by atoms with Crippen molar-refractivity contribution in [3.8, 4) is 0 Å². The topological polar surface area (TPSA) is 49.8 Å². The van der Waals surface area contributed by atoms with Crippen molar-refractivity contribution in [1.82, 2.24) is 5.06 Å². The summed E-state index contributed by atoms with van der Waals surface area (Å²) in [5.74, 6) is 0.469. The summed E-state index contributed by atoms with van der Waals surface area (Å²) >= 11 is 0. The molecule has 4 nitrogen and oxygen atoms in total. The molecular formula is C11H21NO3. The van der Waals surface area contributed by atoms with Crippen LogP contribution in [0, 0.1) is 17.8 Å². The van der Waals surface area contributed by atoms with Crippen molar-refractivity contribution in [2.24, 2.45) is 17.8 Å². The van der Waals surface area contributed by atoms with E-state index < -0.39 is 6.23 Å². The van der Waals surface area contributed by atoms with E-state index in [0.717, 1.165) is 0 Å². The first-order valence-electron chi connectivity index (χ1n) is 5.58. The predicted octanol–water partition coefficient (Wildman–Crippen LogP) is 1.40. The van der Waals surface area contributed by atoms with Gasteiger partial charge in [-0.05, 0) is 18.3 Å². The number of hydrogen-bond acceptors (Lipinski definition) is 4. The molecule has 0 aliphatic carbocycles. The average Bonchev–Trinajstić information content (AvgIpc) is 2.47. The van der Waals surface area contributed by atoms with Crippen molar-refractivity contribution in [3.05, 3.63) is 0 Å². The molecular weight excluding hydrogens is 194 g/mol. The van der Waals surface area contributed by atoms with Gasteiger partial charge in [0.05, 0.1) is 5.92 Å². The van der Waals surface area contributed by atoms with Crippen LogP contribution in [0.4, 0.5) is 0 Å². The van der Waals surface area contributed by atoms with Gasteiger partial charge in [0.15, 0.2) is 0 Å². The van der Waals surface area contributed by atoms with Crippen LogP contribution in [0.15, 0.2) is 0 Å². The quantitative estimate of drug-likeness (QED) is 0.773. The van der Waals surface area contributed by atoms with Crippen molar-refractivity contribution >= 4 is 5.97 Å². The van der Waals surface area contributed by atoms with E-state index in [1.807, 2.05) is 0 Å². The standard InChI is InChI=1S/C11H21NO3/c1-7(2)9-5-10(13)12(6-9)15-11(14)8(3)4/h7-10,13H,5-6H2,1-4H3. The number of carbonyl (C=O) groups excluding carboxylic acids is 1. The normalized spacial score (nSPS) is 27.7. The van der Waals surface area contributed by atoms with Crippen molar-refractivity contribution < 1.29 is 14.7 Å². The fourth-order valence-corrected chi connectivity index (χ4v) is 1.62. The fraction of sp³-hybridized carbons (Fsp3) is 0.909. The third-order valence-electron chi connectivity index (χ3n) is 2.88. The van der Waals surface area contributed by atoms with Crippen LogP contribution in [0.3, 0.4) is 0 Å². The molecule has 1 fully saturated rings. The van der Waals surface area contributed by atoms with Crippen LogP contribution in [0.1, 0.15) is 34.1 Å². The summed E-state index contributed by atoms with van der Waals surface area (Å²) in [4.78, 5) is 16.5. The Balaban J connectivity index is 2.47. The minimum Gasteiger partial charge on any atom is -0.375 e. The van der Waals surface area contributed by atoms with E-state index in [1.54, 1.807) is 13.8 Å². The van der Waals surface area contributed by atoms with Crippen molar-refractivity contribution in [3.63, 3.8) is 0 Å². The van der Waals surface area contributed by atoms with Gasteiger partial charge in [-0.15, -0.1) is 5.06 Å². The minimum atomic E-state index is -0.639. The largest absolute Gasteiger partial charge is 0.375 e. The molecule has 0 aromatic rings. The molecule has 1 saturated heterocycles. The fourth-order valence-electron chi connectivity index (χ4n) is 1.62. The minimum absolute atomic E-state index is 0.157. The summed E-state index contributed by atoms with van der Waals surface area (Å²) in [6.07, 6.45) is 0.0448. The van der Waals surface area contributed by atoms with Gasteiger partial charge in [-0.1, -0.05) is 27.7 Å². The summed E-state index contributed by atoms with van der Waals surface area (Å²) in [5.41, 5.74) is 0. The lowest BCUT2D eigenvalue weighted by molar-refractivity contribution is -0.223. The highest BCUT2D eigenvalue weighted by Crippen LogP contribution is 2.27. The molecule has 0 aromatic carbocycles. The Morgan fingerprint density at radius 1 is 1.40 bits per heavy atom. The zero-order valence-corrected chi connectivity index (χ0v) is 9.93. The van der Waals surface area contributed by atoms with Crippen LogP contribution in [0.25, 0.3) is 0 Å². The lowest BCUT2D eigenvalue weighted by atomic mass is 9.95. The third-order valence-corrected chi connectivity index (χ3v) is 2.88. The lowest BCUT2D eigenvalue weighted by Gasteiger charge is -2.20. The van der Waals surface area contributed by atoms with Gasteiger partial charge in [-0.2, -0.15) is 0 Å². The van der Waals surface area contributed by atoms with Gasteiger partial charge in [-0.3, -0.25) is 4.79 Å². The molecule has 1 aliphatic heterocycles. The molecule has 0 radical (unpaired) electrons. The first-order valence-corrected chi connectivity index (χ1v) is 5.58. The van der Waals surface area contributed by atoms with Crippen LogP contribution in [-0.4, -0.2) is 28.9 Å². The monoisotopic (exact) mass is 215 g/mol. The predicted molar refractivity (Wildman–Crippen MR) is 56.6 cm³/mol. The van der Waals surface area contributed by atoms with E-state index in [1.165, 1.54) is 5.06 Å². The van der Waals surface area contributed by atoms with Gasteiger partial charge in [-0.25, -0.2) is 0 Å². The number of nitrogens with zero attached hydrogens (tertiary/aromatic N) is 1. The third kappa shape index (κ3) is 3.18. The number of aliphatic hydroxyl groups is 1. The molecule has 88 valence electrons. The highest BCUT2D eigenvalue weighted by atomic mass is 16.7. The molecule has 0 spiro atoms. The molecule has 2 unspecified atom stereocenters. The smallest absolute Gasteiger partial charge is 0.327 e. The van der Waals surface area contributed by atoms with Gasteiger partial charge < -0.3 is 9.94 Å². The summed E-state index contributed by atoms with van der Waals surface area (Å²) in [6.45, 7) is 8.43. The van der Waals surface area contributed by atoms with Crippen LogP contribution in [0.5, 0.6) is 0 Å². The Labute approximate surface area is 91.2 Å². The molecule has 0 saturated carbocycles. The Kier molecular flexibility index (Phi) is 4.11. The Hall–Kier alpha value is -0.610. The zero-order valence-electron chi connectivity index (χ0n) is 9.93. The summed E-state index contributed by atoms with van der Waals surface area (Å²) in [6, 6.07) is 0. The SMILES string of the molecule is CC(C)C(=O)ON1CC(C(C)C)CC1O. The second kappa shape index (κ2) is 4.94. The molecule has 1 rings (SSSR count). The molecule has 0 bridgehead atoms. The van der Waals surface area contributed by atoms with Gasteiger partial charge in [0.25, 0.3) is 0 Å². The maximum Gasteiger partial charge on any atom is 0.327 e. The summed E-state index contributed by atoms with van der Waals surface area (Å²) in [5, 5.41) is 11.1. The lowest BCUT2D eigenvalue weighted by Crippen LogP contribution is -2.33. The highest BCUT2D eigenvalue weighted by Gasteiger charge is 2.35. The summed E-state index contributed by atoms with van der Waals surface area (Å²) in [7, 11) is 0. The number of hydroxylamine groups is 2. The van der Waals surface area contributed by atoms with E-state index >= 15 is 0 Å². The van der Waals surface area contributed by atoms with Crippen LogP contribution in [-0.2, 0) is 9.63 Å². The second-order valence-electron chi connectivity index (χ2n) is 4.89. The molecule has 1 heterocycles. The van der Waals surface area contributed by atoms with Crippen molar-refractivity contribution in [1.29, 1.82) is 0 Å². The molecule has 2 atom stereocenters. The average molecular weight is 215 g/mol. The Morgan fingerprint density at radius 3 is 2.40 bits per heavy atom. The number of carbonyl (C=O) groups is 1. The van der Waals surface area contributed by atoms with Gasteiger partial charge >= 0.3 is 5.97 Å². The molecule has 15 heavy (non-hydrogen) atoms. The molecule has 1 N–H and O–H groups in total. The Bertz CT molecular complexity index is 228. The van der Waals surface area contributed by atoms with E-state index in [0.29, 0.717) is 24.8 Å². The number of aliphatic hydroxyl groups excluding tert-OH is 1. The maximum atomic E-state index is 11.3. The molecule has 0 aromatic heterocycles. The van der Waals surface area contributed by atoms with E-state index in [4.69, 9.17) is 4.84 Å². The highest BCUT2D eigenvalue weighted by molar-refractivity contribution is 5.71. The van der Waals surface area contributed by atoms with Crippen molar-refractivity contribution in [2.45, 2.75) is 40.3 Å². The number of hydrogen-bond donors (Lipinski definition) is 1. The summed E-state index contributed by atoms with van der Waals surface area (Å²) < 4.78 is 0. The molecule has 1 aliphatic rings. The van der Waals surface area contributed by atoms with E-state index in [9.17, 15) is 9.90 Å². The second-order valence-corrected chi connectivity index (χ2v) is 4.89. The number of rotatable bonds is 3. The molecule has 4 heteroatoms. The van der Waals surface area contributed by atoms with Crippen LogP contribution >= 0.6 is 0 Å². The molecule has 0 amide bonds. The van der Waals surface area contributed by atoms with Crippen molar-refractivity contribution in [2.75, 3.05) is 6.54 Å². The first kappa shape index (κ1) is 12.5. The van der Waals surface area contributed by atoms with E-state index in [2.05, 4.69) is 13.8 Å². The zero-order chi connectivity index (χ0) is 11.6. The maximum absolute atomic E-state index is 11.3. The van der Waals surface area contributed by atoms with Gasteiger partial charge in [0, 0.05) is 6.54 Å². The van der Waals surface area contributed by atoms with Crippen LogP contribution < -0.4 is 0 Å². The van der Waals surface area contributed by atoms with E-state index in [-0.39, 0.29) is 11.9 Å². The first-order chi connectivity index (χ1) is 6.91. The van der Waals surface area contributed by atoms with Crippen LogP contribution in [0.2, 0.25) is 0 Å². The van der Waals surface area contributed by atoms with Gasteiger partial charge in [0.2, 0.25) is 0 Å². The Morgan fingerprint density at radius 2 is 2.00 bits per heavy atom. The van der Waals surface area contributed by atoms with Gasteiger partial charge in [0.1, 0.15) is 6.23 Å².